The molecule has 0 spiro atoms. The van der Waals surface area contributed by atoms with Crippen molar-refractivity contribution in [2.75, 3.05) is 31.5 Å². The van der Waals surface area contributed by atoms with Crippen LogP contribution in [0.2, 0.25) is 0 Å². The van der Waals surface area contributed by atoms with E-state index in [0.717, 1.165) is 37.0 Å². The fraction of sp³-hybridized carbons (Fsp3) is 0.533. The maximum absolute atomic E-state index is 12.4. The Bertz CT molecular complexity index is 700. The second-order valence-corrected chi connectivity index (χ2v) is 5.93. The number of anilines is 1. The first kappa shape index (κ1) is 21.4. The summed E-state index contributed by atoms with van der Waals surface area (Å²) < 4.78 is 3.69. The van der Waals surface area contributed by atoms with E-state index in [2.05, 4.69) is 25.6 Å². The van der Waals surface area contributed by atoms with Crippen LogP contribution in [-0.2, 0) is 18.9 Å². The molecule has 0 aromatic carbocycles. The average Bonchev–Trinajstić information content (AvgIpc) is 3.05. The molecule has 1 saturated heterocycles. The van der Waals surface area contributed by atoms with Crippen LogP contribution < -0.4 is 10.6 Å². The van der Waals surface area contributed by atoms with Gasteiger partial charge < -0.3 is 15.2 Å². The molecule has 140 valence electrons. The van der Waals surface area contributed by atoms with Gasteiger partial charge in [0.05, 0.1) is 18.3 Å². The molecule has 1 amide bonds. The Morgan fingerprint density at radius 1 is 1.40 bits per heavy atom. The molecule has 10 heteroatoms. The number of nitrogens with zero attached hydrogens (tertiary/aromatic N) is 5. The number of imidazole rings is 1. The van der Waals surface area contributed by atoms with Gasteiger partial charge in [0.2, 0.25) is 5.91 Å². The van der Waals surface area contributed by atoms with Crippen molar-refractivity contribution >= 4 is 36.5 Å². The van der Waals surface area contributed by atoms with Gasteiger partial charge in [-0.25, -0.2) is 4.98 Å². The molecule has 1 aliphatic heterocycles. The standard InChI is InChI=1S/C15H23N7O.2ClH/c1-11-8-13(21(3)19-11)18-14(23)10-22-7-4-16-9-12(22)15-17-5-6-20(15)2;;/h5-6,8,12,16H,4,7,9-10H2,1-3H3,(H,18,23);2*1H. The predicted molar refractivity (Wildman–Crippen MR) is 101 cm³/mol. The van der Waals surface area contributed by atoms with E-state index in [-0.39, 0.29) is 36.8 Å². The van der Waals surface area contributed by atoms with Crippen LogP contribution in [0.1, 0.15) is 17.6 Å². The number of aromatic nitrogens is 4. The summed E-state index contributed by atoms with van der Waals surface area (Å²) in [7, 11) is 3.80. The third-order valence-electron chi connectivity index (χ3n) is 4.13. The monoisotopic (exact) mass is 389 g/mol. The summed E-state index contributed by atoms with van der Waals surface area (Å²) in [5.74, 6) is 1.66. The summed E-state index contributed by atoms with van der Waals surface area (Å²) in [6.07, 6.45) is 3.72. The molecule has 1 unspecified atom stereocenters. The number of nitrogens with one attached hydrogen (secondary N) is 2. The number of hydrogen-bond acceptors (Lipinski definition) is 5. The summed E-state index contributed by atoms with van der Waals surface area (Å²) >= 11 is 0. The Kier molecular flexibility index (Phi) is 7.88. The van der Waals surface area contributed by atoms with Crippen LogP contribution >= 0.6 is 24.8 Å². The second-order valence-electron chi connectivity index (χ2n) is 5.93. The van der Waals surface area contributed by atoms with Crippen LogP contribution in [0.5, 0.6) is 0 Å². The van der Waals surface area contributed by atoms with Gasteiger partial charge in [-0.05, 0) is 6.92 Å². The number of carbonyl (C=O) groups excluding carboxylic acids is 1. The molecule has 3 heterocycles. The predicted octanol–water partition coefficient (Wildman–Crippen LogP) is 0.891. The Balaban J connectivity index is 0.00000156. The number of hydrogen-bond donors (Lipinski definition) is 2. The third kappa shape index (κ3) is 4.94. The largest absolute Gasteiger partial charge is 0.337 e. The minimum absolute atomic E-state index is 0. The lowest BCUT2D eigenvalue weighted by atomic mass is 10.1. The Morgan fingerprint density at radius 3 is 2.76 bits per heavy atom. The number of carbonyl (C=O) groups is 1. The van der Waals surface area contributed by atoms with Gasteiger partial charge in [0.25, 0.3) is 0 Å². The Labute approximate surface area is 159 Å². The van der Waals surface area contributed by atoms with Crippen LogP contribution in [0.15, 0.2) is 18.5 Å². The van der Waals surface area contributed by atoms with Gasteiger partial charge in [0.1, 0.15) is 11.6 Å². The van der Waals surface area contributed by atoms with Crippen molar-refractivity contribution < 1.29 is 4.79 Å². The van der Waals surface area contributed by atoms with E-state index in [4.69, 9.17) is 0 Å². The third-order valence-corrected chi connectivity index (χ3v) is 4.13. The topological polar surface area (TPSA) is 80.0 Å². The molecule has 0 aliphatic carbocycles. The molecule has 1 fully saturated rings. The minimum Gasteiger partial charge on any atom is -0.337 e. The first-order chi connectivity index (χ1) is 11.0. The summed E-state index contributed by atoms with van der Waals surface area (Å²) in [6.45, 7) is 4.73. The quantitative estimate of drug-likeness (QED) is 0.811. The van der Waals surface area contributed by atoms with E-state index < -0.39 is 0 Å². The zero-order valence-electron chi connectivity index (χ0n) is 14.6. The van der Waals surface area contributed by atoms with E-state index in [1.54, 1.807) is 10.9 Å². The molecule has 0 bridgehead atoms. The van der Waals surface area contributed by atoms with Gasteiger partial charge in [-0.15, -0.1) is 24.8 Å². The lowest BCUT2D eigenvalue weighted by molar-refractivity contribution is -0.118. The summed E-state index contributed by atoms with van der Waals surface area (Å²) in [4.78, 5) is 19.0. The fourth-order valence-corrected chi connectivity index (χ4v) is 2.98. The van der Waals surface area contributed by atoms with E-state index in [0.29, 0.717) is 6.54 Å². The molecule has 2 aromatic rings. The summed E-state index contributed by atoms with van der Waals surface area (Å²) in [5.41, 5.74) is 0.885. The van der Waals surface area contributed by atoms with E-state index >= 15 is 0 Å². The number of halogens is 2. The first-order valence-electron chi connectivity index (χ1n) is 7.77. The van der Waals surface area contributed by atoms with Crippen molar-refractivity contribution in [1.82, 2.24) is 29.5 Å². The smallest absolute Gasteiger partial charge is 0.239 e. The molecule has 1 aliphatic rings. The summed E-state index contributed by atoms with van der Waals surface area (Å²) in [6, 6.07) is 1.97. The molecular formula is C15H25Cl2N7O. The van der Waals surface area contributed by atoms with Crippen molar-refractivity contribution in [2.45, 2.75) is 13.0 Å². The van der Waals surface area contributed by atoms with Crippen LogP contribution in [0.25, 0.3) is 0 Å². The Morgan fingerprint density at radius 2 is 2.16 bits per heavy atom. The maximum atomic E-state index is 12.4. The molecule has 0 saturated carbocycles. The van der Waals surface area contributed by atoms with Gasteiger partial charge in [0, 0.05) is 52.2 Å². The molecule has 3 rings (SSSR count). The fourth-order valence-electron chi connectivity index (χ4n) is 2.98. The van der Waals surface area contributed by atoms with Crippen molar-refractivity contribution in [2.24, 2.45) is 14.1 Å². The van der Waals surface area contributed by atoms with E-state index in [1.165, 1.54) is 0 Å². The van der Waals surface area contributed by atoms with Crippen LogP contribution in [0, 0.1) is 6.92 Å². The number of amides is 1. The van der Waals surface area contributed by atoms with E-state index in [9.17, 15) is 4.79 Å². The van der Waals surface area contributed by atoms with Gasteiger partial charge in [-0.3, -0.25) is 14.4 Å². The number of aryl methyl sites for hydroxylation is 3. The minimum atomic E-state index is -0.0332. The molecule has 8 nitrogen and oxygen atoms in total. The molecule has 2 N–H and O–H groups in total. The van der Waals surface area contributed by atoms with Crippen LogP contribution in [-0.4, -0.2) is 56.3 Å². The van der Waals surface area contributed by atoms with Crippen molar-refractivity contribution in [3.63, 3.8) is 0 Å². The van der Waals surface area contributed by atoms with Gasteiger partial charge in [-0.1, -0.05) is 0 Å². The second kappa shape index (κ2) is 9.19. The summed E-state index contributed by atoms with van der Waals surface area (Å²) in [5, 5.41) is 10.5. The van der Waals surface area contributed by atoms with Crippen molar-refractivity contribution in [1.29, 1.82) is 0 Å². The highest BCUT2D eigenvalue weighted by Crippen LogP contribution is 2.20. The van der Waals surface area contributed by atoms with Crippen molar-refractivity contribution in [3.05, 3.63) is 30.0 Å². The highest BCUT2D eigenvalue weighted by Gasteiger charge is 2.28. The SMILES string of the molecule is Cc1cc(NC(=O)CN2CCNCC2c2nccn2C)n(C)n1.Cl.Cl. The lowest BCUT2D eigenvalue weighted by Crippen LogP contribution is -2.49. The van der Waals surface area contributed by atoms with Gasteiger partial charge in [-0.2, -0.15) is 5.10 Å². The van der Waals surface area contributed by atoms with Crippen LogP contribution in [0.4, 0.5) is 5.82 Å². The van der Waals surface area contributed by atoms with Gasteiger partial charge >= 0.3 is 0 Å². The molecule has 2 aromatic heterocycles. The maximum Gasteiger partial charge on any atom is 0.239 e. The van der Waals surface area contributed by atoms with E-state index in [1.807, 2.05) is 37.8 Å². The molecule has 1 atom stereocenters. The average molecular weight is 390 g/mol. The van der Waals surface area contributed by atoms with Gasteiger partial charge in [0.15, 0.2) is 0 Å². The first-order valence-corrected chi connectivity index (χ1v) is 7.77. The zero-order chi connectivity index (χ0) is 16.4. The highest BCUT2D eigenvalue weighted by molar-refractivity contribution is 5.91. The Hall–Kier alpha value is -1.61. The van der Waals surface area contributed by atoms with Crippen molar-refractivity contribution in [3.8, 4) is 0 Å². The van der Waals surface area contributed by atoms with Crippen LogP contribution in [0.3, 0.4) is 0 Å². The molecule has 0 radical (unpaired) electrons. The normalized spacial score (nSPS) is 17.5. The number of rotatable bonds is 4. The molecular weight excluding hydrogens is 365 g/mol. The number of piperazine rings is 1. The highest BCUT2D eigenvalue weighted by atomic mass is 35.5. The lowest BCUT2D eigenvalue weighted by Gasteiger charge is -2.35. The molecule has 25 heavy (non-hydrogen) atoms. The zero-order valence-corrected chi connectivity index (χ0v) is 16.2.